The molecular weight excluding hydrogens is 398 g/mol. The van der Waals surface area contributed by atoms with E-state index in [1.165, 1.54) is 24.3 Å². The fourth-order valence-corrected chi connectivity index (χ4v) is 3.47. The van der Waals surface area contributed by atoms with Gasteiger partial charge in [0.2, 0.25) is 0 Å². The van der Waals surface area contributed by atoms with Crippen LogP contribution in [0.25, 0.3) is 11.1 Å². The summed E-state index contributed by atoms with van der Waals surface area (Å²) >= 11 is 0. The topological polar surface area (TPSA) is 26.3 Å². The third-order valence-corrected chi connectivity index (χ3v) is 5.25. The zero-order valence-electron chi connectivity index (χ0n) is 15.4. The van der Waals surface area contributed by atoms with Crippen LogP contribution >= 0.6 is 0 Å². The van der Waals surface area contributed by atoms with Crippen LogP contribution in [0, 0.1) is 40.5 Å². The second kappa shape index (κ2) is 7.57. The number of rotatable bonds is 5. The van der Waals surface area contributed by atoms with Gasteiger partial charge in [-0.1, -0.05) is 44.2 Å². The molecule has 29 heavy (non-hydrogen) atoms. The second-order valence-corrected chi connectivity index (χ2v) is 7.36. The number of hydrogen-bond donors (Lipinski definition) is 0. The van der Waals surface area contributed by atoms with Gasteiger partial charge in [-0.05, 0) is 17.1 Å². The fraction of sp³-hybridized carbons (Fsp3) is 0.286. The first-order valence-corrected chi connectivity index (χ1v) is 8.67. The van der Waals surface area contributed by atoms with Crippen molar-refractivity contribution in [2.45, 2.75) is 20.5 Å². The van der Waals surface area contributed by atoms with Gasteiger partial charge in [0.05, 0.1) is 17.0 Å². The molecular formula is C21H16F6O2. The summed E-state index contributed by atoms with van der Waals surface area (Å²) < 4.78 is 86.9. The summed E-state index contributed by atoms with van der Waals surface area (Å²) in [5.41, 5.74) is -2.59. The molecule has 2 nitrogen and oxygen atoms in total. The van der Waals surface area contributed by atoms with Crippen LogP contribution in [0.3, 0.4) is 0 Å². The monoisotopic (exact) mass is 414 g/mol. The van der Waals surface area contributed by atoms with E-state index in [1.807, 2.05) is 0 Å². The Bertz CT molecular complexity index is 981. The van der Waals surface area contributed by atoms with Gasteiger partial charge >= 0.3 is 5.97 Å². The van der Waals surface area contributed by atoms with Crippen molar-refractivity contribution in [2.75, 3.05) is 0 Å². The first kappa shape index (κ1) is 21.0. The summed E-state index contributed by atoms with van der Waals surface area (Å²) in [7, 11) is 0. The summed E-state index contributed by atoms with van der Waals surface area (Å²) in [5.74, 6) is -9.50. The first-order chi connectivity index (χ1) is 13.6. The van der Waals surface area contributed by atoms with Gasteiger partial charge in [0.25, 0.3) is 6.08 Å². The highest BCUT2D eigenvalue weighted by molar-refractivity contribution is 5.78. The standard InChI is InChI=1S/C21H16F6O2/c1-21(2)12(8-13(22)23)15(21)20(28)29-9-11-16(24)14(10-6-4-3-5-7-10)18(26)19(27)17(11)25/h3-8,12,15H,9H2,1-2H3. The highest BCUT2D eigenvalue weighted by Crippen LogP contribution is 2.60. The van der Waals surface area contributed by atoms with E-state index in [-0.39, 0.29) is 5.56 Å². The van der Waals surface area contributed by atoms with E-state index in [2.05, 4.69) is 0 Å². The molecule has 1 fully saturated rings. The highest BCUT2D eigenvalue weighted by Gasteiger charge is 2.62. The van der Waals surface area contributed by atoms with Crippen molar-refractivity contribution >= 4 is 5.97 Å². The quantitative estimate of drug-likeness (QED) is 0.259. The Morgan fingerprint density at radius 1 is 1.00 bits per heavy atom. The minimum atomic E-state index is -1.96. The first-order valence-electron chi connectivity index (χ1n) is 8.67. The molecule has 1 aliphatic carbocycles. The van der Waals surface area contributed by atoms with Crippen molar-refractivity contribution in [3.63, 3.8) is 0 Å². The van der Waals surface area contributed by atoms with Gasteiger partial charge in [-0.15, -0.1) is 0 Å². The molecule has 0 amide bonds. The Hall–Kier alpha value is -2.77. The van der Waals surface area contributed by atoms with Crippen molar-refractivity contribution in [1.29, 1.82) is 0 Å². The lowest BCUT2D eigenvalue weighted by molar-refractivity contribution is -0.147. The molecule has 3 rings (SSSR count). The van der Waals surface area contributed by atoms with Crippen LogP contribution in [0.1, 0.15) is 19.4 Å². The molecule has 0 radical (unpaired) electrons. The molecule has 0 N–H and O–H groups in total. The molecule has 0 spiro atoms. The van der Waals surface area contributed by atoms with Crippen LogP contribution < -0.4 is 0 Å². The predicted molar refractivity (Wildman–Crippen MR) is 92.6 cm³/mol. The molecule has 0 bridgehead atoms. The number of esters is 1. The third kappa shape index (κ3) is 3.75. The summed E-state index contributed by atoms with van der Waals surface area (Å²) in [6.07, 6.45) is -1.33. The van der Waals surface area contributed by atoms with Crippen molar-refractivity contribution in [2.24, 2.45) is 17.3 Å². The minimum absolute atomic E-state index is 0.0269. The van der Waals surface area contributed by atoms with Gasteiger partial charge in [0.15, 0.2) is 17.5 Å². The molecule has 154 valence electrons. The van der Waals surface area contributed by atoms with Gasteiger partial charge in [-0.25, -0.2) is 17.6 Å². The van der Waals surface area contributed by atoms with Gasteiger partial charge in [-0.2, -0.15) is 8.78 Å². The van der Waals surface area contributed by atoms with E-state index < -0.39 is 70.3 Å². The van der Waals surface area contributed by atoms with E-state index in [4.69, 9.17) is 4.74 Å². The molecule has 2 aromatic carbocycles. The fourth-order valence-electron chi connectivity index (χ4n) is 3.47. The van der Waals surface area contributed by atoms with Crippen molar-refractivity contribution in [1.82, 2.24) is 0 Å². The van der Waals surface area contributed by atoms with E-state index in [0.717, 1.165) is 0 Å². The molecule has 0 aliphatic heterocycles. The average Bonchev–Trinajstić information content (AvgIpc) is 3.20. The normalized spacial score (nSPS) is 19.6. The number of carbonyl (C=O) groups is 1. The van der Waals surface area contributed by atoms with Gasteiger partial charge in [0.1, 0.15) is 12.4 Å². The number of halogens is 6. The Kier molecular flexibility index (Phi) is 5.47. The molecule has 2 aromatic rings. The van der Waals surface area contributed by atoms with E-state index in [1.54, 1.807) is 19.9 Å². The van der Waals surface area contributed by atoms with Gasteiger partial charge in [0, 0.05) is 5.92 Å². The summed E-state index contributed by atoms with van der Waals surface area (Å²) in [6, 6.07) is 7.11. The number of allylic oxidation sites excluding steroid dienone is 1. The molecule has 1 saturated carbocycles. The predicted octanol–water partition coefficient (Wildman–Crippen LogP) is 6.01. The van der Waals surface area contributed by atoms with Crippen LogP contribution in [-0.2, 0) is 16.1 Å². The molecule has 2 unspecified atom stereocenters. The van der Waals surface area contributed by atoms with E-state index in [9.17, 15) is 31.1 Å². The lowest BCUT2D eigenvalue weighted by atomic mass is 10.0. The van der Waals surface area contributed by atoms with Gasteiger partial charge in [-0.3, -0.25) is 4.79 Å². The lowest BCUT2D eigenvalue weighted by Gasteiger charge is -2.13. The number of benzene rings is 2. The molecule has 2 atom stereocenters. The summed E-state index contributed by atoms with van der Waals surface area (Å²) in [6.45, 7) is 2.12. The van der Waals surface area contributed by atoms with Crippen LogP contribution in [0.15, 0.2) is 42.5 Å². The van der Waals surface area contributed by atoms with Crippen molar-refractivity contribution in [3.8, 4) is 11.1 Å². The highest BCUT2D eigenvalue weighted by atomic mass is 19.3. The smallest absolute Gasteiger partial charge is 0.310 e. The van der Waals surface area contributed by atoms with E-state index in [0.29, 0.717) is 6.08 Å². The third-order valence-electron chi connectivity index (χ3n) is 5.25. The van der Waals surface area contributed by atoms with E-state index >= 15 is 0 Å². The van der Waals surface area contributed by atoms with Gasteiger partial charge < -0.3 is 4.74 Å². The Morgan fingerprint density at radius 3 is 2.21 bits per heavy atom. The zero-order valence-corrected chi connectivity index (χ0v) is 15.4. The Labute approximate surface area is 162 Å². The number of hydrogen-bond acceptors (Lipinski definition) is 2. The van der Waals surface area contributed by atoms with Crippen molar-refractivity contribution in [3.05, 3.63) is 71.3 Å². The molecule has 0 aromatic heterocycles. The van der Waals surface area contributed by atoms with Crippen LogP contribution in [0.5, 0.6) is 0 Å². The Balaban J connectivity index is 1.88. The van der Waals surface area contributed by atoms with Crippen molar-refractivity contribution < 1.29 is 35.9 Å². The summed E-state index contributed by atoms with van der Waals surface area (Å²) in [4.78, 5) is 12.2. The maximum atomic E-state index is 14.8. The molecule has 8 heteroatoms. The maximum absolute atomic E-state index is 14.8. The average molecular weight is 414 g/mol. The Morgan fingerprint density at radius 2 is 1.62 bits per heavy atom. The summed E-state index contributed by atoms with van der Waals surface area (Å²) in [5, 5.41) is 0. The number of ether oxygens (including phenoxy) is 1. The van der Waals surface area contributed by atoms with Crippen LogP contribution in [0.2, 0.25) is 0 Å². The molecule has 0 saturated heterocycles. The number of carbonyl (C=O) groups excluding carboxylic acids is 1. The zero-order chi connectivity index (χ0) is 21.5. The molecule has 1 aliphatic rings. The van der Waals surface area contributed by atoms with Crippen LogP contribution in [-0.4, -0.2) is 5.97 Å². The SMILES string of the molecule is CC1(C)C(C=C(F)F)C1C(=O)OCc1c(F)c(F)c(F)c(-c2ccccc2)c1F. The minimum Gasteiger partial charge on any atom is -0.460 e. The molecule has 0 heterocycles. The maximum Gasteiger partial charge on any atom is 0.310 e. The second-order valence-electron chi connectivity index (χ2n) is 7.36. The van der Waals surface area contributed by atoms with Crippen LogP contribution in [0.4, 0.5) is 26.3 Å². The largest absolute Gasteiger partial charge is 0.460 e. The lowest BCUT2D eigenvalue weighted by Crippen LogP contribution is -2.14.